The van der Waals surface area contributed by atoms with Crippen LogP contribution in [0.3, 0.4) is 0 Å². The normalized spacial score (nSPS) is 17.3. The summed E-state index contributed by atoms with van der Waals surface area (Å²) in [6.45, 7) is 0.943. The van der Waals surface area contributed by atoms with Crippen molar-refractivity contribution in [2.45, 2.75) is 32.2 Å². The maximum Gasteiger partial charge on any atom is 0.178 e. The Hall–Kier alpha value is -1.16. The summed E-state index contributed by atoms with van der Waals surface area (Å²) in [6, 6.07) is 0. The molecule has 16 heavy (non-hydrogen) atoms. The van der Waals surface area contributed by atoms with Gasteiger partial charge in [0.25, 0.3) is 0 Å². The summed E-state index contributed by atoms with van der Waals surface area (Å²) in [5.41, 5.74) is 1.63. The Morgan fingerprint density at radius 3 is 2.94 bits per heavy atom. The molecule has 0 radical (unpaired) electrons. The fraction of sp³-hybridized carbons (Fsp3) is 0.545. The van der Waals surface area contributed by atoms with Crippen LogP contribution >= 0.6 is 11.6 Å². The summed E-state index contributed by atoms with van der Waals surface area (Å²) in [7, 11) is 0. The molecule has 1 fully saturated rings. The van der Waals surface area contributed by atoms with Crippen LogP contribution in [0.2, 0.25) is 5.15 Å². The molecule has 3 rings (SSSR count). The van der Waals surface area contributed by atoms with Crippen molar-refractivity contribution < 1.29 is 0 Å². The molecule has 5 heteroatoms. The maximum absolute atomic E-state index is 5.85. The molecule has 2 aromatic rings. The molecule has 4 nitrogen and oxygen atoms in total. The number of hydrogen-bond donors (Lipinski definition) is 0. The zero-order valence-corrected chi connectivity index (χ0v) is 9.69. The number of aromatic nitrogens is 4. The van der Waals surface area contributed by atoms with Crippen molar-refractivity contribution in [3.63, 3.8) is 0 Å². The highest BCUT2D eigenvalue weighted by Crippen LogP contribution is 2.26. The molecule has 84 valence electrons. The van der Waals surface area contributed by atoms with E-state index in [2.05, 4.69) is 15.1 Å². The van der Waals surface area contributed by atoms with Gasteiger partial charge in [0.1, 0.15) is 10.7 Å². The first kappa shape index (κ1) is 10.0. The summed E-state index contributed by atoms with van der Waals surface area (Å²) in [4.78, 5) is 8.48. The van der Waals surface area contributed by atoms with Gasteiger partial charge in [-0.2, -0.15) is 5.10 Å². The molecule has 0 spiro atoms. The summed E-state index contributed by atoms with van der Waals surface area (Å²) in [6.07, 6.45) is 8.61. The van der Waals surface area contributed by atoms with Crippen LogP contribution in [0.15, 0.2) is 12.4 Å². The molecule has 1 aliphatic rings. The third-order valence-corrected chi connectivity index (χ3v) is 3.40. The van der Waals surface area contributed by atoms with Gasteiger partial charge in [-0.3, -0.25) is 0 Å². The lowest BCUT2D eigenvalue weighted by molar-refractivity contribution is 0.436. The van der Waals surface area contributed by atoms with E-state index in [4.69, 9.17) is 11.6 Å². The van der Waals surface area contributed by atoms with E-state index in [1.54, 1.807) is 12.4 Å². The van der Waals surface area contributed by atoms with E-state index in [1.807, 2.05) is 4.68 Å². The van der Waals surface area contributed by atoms with Crippen LogP contribution in [0.4, 0.5) is 0 Å². The molecule has 2 aromatic heterocycles. The SMILES string of the molecule is Clc1cnc2cnn(CC3CCCC3)c2n1. The molecule has 0 saturated heterocycles. The molecule has 1 saturated carbocycles. The van der Waals surface area contributed by atoms with E-state index in [9.17, 15) is 0 Å². The number of hydrogen-bond acceptors (Lipinski definition) is 3. The van der Waals surface area contributed by atoms with Crippen molar-refractivity contribution in [2.24, 2.45) is 5.92 Å². The molecule has 2 heterocycles. The predicted octanol–water partition coefficient (Wildman–Crippen LogP) is 2.67. The minimum Gasteiger partial charge on any atom is -0.248 e. The second kappa shape index (κ2) is 4.01. The third-order valence-electron chi connectivity index (χ3n) is 3.22. The van der Waals surface area contributed by atoms with Crippen LogP contribution < -0.4 is 0 Å². The first-order chi connectivity index (χ1) is 7.83. The van der Waals surface area contributed by atoms with Gasteiger partial charge in [-0.25, -0.2) is 14.6 Å². The lowest BCUT2D eigenvalue weighted by Crippen LogP contribution is -2.09. The van der Waals surface area contributed by atoms with Crippen LogP contribution in [-0.2, 0) is 6.54 Å². The van der Waals surface area contributed by atoms with Gasteiger partial charge < -0.3 is 0 Å². The highest BCUT2D eigenvalue weighted by Gasteiger charge is 2.17. The molecule has 0 unspecified atom stereocenters. The summed E-state index contributed by atoms with van der Waals surface area (Å²) >= 11 is 5.85. The second-order valence-corrected chi connectivity index (χ2v) is 4.77. The fourth-order valence-corrected chi connectivity index (χ4v) is 2.53. The molecular formula is C11H13ClN4. The summed E-state index contributed by atoms with van der Waals surface area (Å²) in [5.74, 6) is 0.740. The number of rotatable bonds is 2. The molecule has 0 aliphatic heterocycles. The monoisotopic (exact) mass is 236 g/mol. The first-order valence-corrected chi connectivity index (χ1v) is 6.05. The Bertz CT molecular complexity index is 502. The summed E-state index contributed by atoms with van der Waals surface area (Å²) < 4.78 is 1.93. The number of halogens is 1. The Balaban J connectivity index is 1.93. The number of fused-ring (bicyclic) bond motifs is 1. The average molecular weight is 237 g/mol. The van der Waals surface area contributed by atoms with Crippen molar-refractivity contribution >= 4 is 22.8 Å². The molecule has 0 N–H and O–H groups in total. The second-order valence-electron chi connectivity index (χ2n) is 4.38. The fourth-order valence-electron chi connectivity index (χ4n) is 2.40. The van der Waals surface area contributed by atoms with Crippen molar-refractivity contribution in [1.29, 1.82) is 0 Å². The van der Waals surface area contributed by atoms with Crippen molar-refractivity contribution in [1.82, 2.24) is 19.7 Å². The van der Waals surface area contributed by atoms with Gasteiger partial charge >= 0.3 is 0 Å². The van der Waals surface area contributed by atoms with Gasteiger partial charge in [0.15, 0.2) is 5.65 Å². The number of nitrogens with zero attached hydrogens (tertiary/aromatic N) is 4. The highest BCUT2D eigenvalue weighted by atomic mass is 35.5. The molecule has 0 aromatic carbocycles. The standard InChI is InChI=1S/C11H13ClN4/c12-10-6-13-9-5-14-16(11(9)15-10)7-8-3-1-2-4-8/h5-6,8H,1-4,7H2. The summed E-state index contributed by atoms with van der Waals surface area (Å²) in [5, 5.41) is 4.76. The van der Waals surface area contributed by atoms with Crippen LogP contribution in [0.5, 0.6) is 0 Å². The molecule has 0 bridgehead atoms. The van der Waals surface area contributed by atoms with Crippen molar-refractivity contribution in [3.05, 3.63) is 17.5 Å². The van der Waals surface area contributed by atoms with Crippen molar-refractivity contribution in [3.8, 4) is 0 Å². The Kier molecular flexibility index (Phi) is 2.52. The first-order valence-electron chi connectivity index (χ1n) is 5.67. The van der Waals surface area contributed by atoms with Crippen LogP contribution in [0, 0.1) is 5.92 Å². The van der Waals surface area contributed by atoms with Crippen LogP contribution in [-0.4, -0.2) is 19.7 Å². The molecular weight excluding hydrogens is 224 g/mol. The minimum absolute atomic E-state index is 0.431. The van der Waals surface area contributed by atoms with E-state index in [-0.39, 0.29) is 0 Å². The van der Waals surface area contributed by atoms with Gasteiger partial charge in [-0.05, 0) is 18.8 Å². The van der Waals surface area contributed by atoms with E-state index >= 15 is 0 Å². The molecule has 0 atom stereocenters. The third kappa shape index (κ3) is 1.78. The largest absolute Gasteiger partial charge is 0.248 e. The van der Waals surface area contributed by atoms with E-state index < -0.39 is 0 Å². The minimum atomic E-state index is 0.431. The highest BCUT2D eigenvalue weighted by molar-refractivity contribution is 6.29. The smallest absolute Gasteiger partial charge is 0.178 e. The molecule has 1 aliphatic carbocycles. The predicted molar refractivity (Wildman–Crippen MR) is 62.3 cm³/mol. The zero-order chi connectivity index (χ0) is 11.0. The lowest BCUT2D eigenvalue weighted by atomic mass is 10.1. The topological polar surface area (TPSA) is 43.6 Å². The van der Waals surface area contributed by atoms with Crippen LogP contribution in [0.1, 0.15) is 25.7 Å². The van der Waals surface area contributed by atoms with Gasteiger partial charge in [0.2, 0.25) is 0 Å². The Labute approximate surface area is 98.6 Å². The van der Waals surface area contributed by atoms with Crippen molar-refractivity contribution in [2.75, 3.05) is 0 Å². The Morgan fingerprint density at radius 1 is 1.31 bits per heavy atom. The van der Waals surface area contributed by atoms with Gasteiger partial charge in [-0.15, -0.1) is 0 Å². The van der Waals surface area contributed by atoms with Crippen LogP contribution in [0.25, 0.3) is 11.2 Å². The van der Waals surface area contributed by atoms with Gasteiger partial charge in [-0.1, -0.05) is 24.4 Å². The zero-order valence-electron chi connectivity index (χ0n) is 8.93. The quantitative estimate of drug-likeness (QED) is 0.805. The van der Waals surface area contributed by atoms with E-state index in [0.29, 0.717) is 5.15 Å². The van der Waals surface area contributed by atoms with E-state index in [0.717, 1.165) is 23.6 Å². The van der Waals surface area contributed by atoms with Gasteiger partial charge in [0.05, 0.1) is 12.4 Å². The average Bonchev–Trinajstić information content (AvgIpc) is 2.90. The van der Waals surface area contributed by atoms with E-state index in [1.165, 1.54) is 25.7 Å². The Morgan fingerprint density at radius 2 is 2.12 bits per heavy atom. The molecule has 0 amide bonds. The van der Waals surface area contributed by atoms with Gasteiger partial charge in [0, 0.05) is 6.54 Å². The lowest BCUT2D eigenvalue weighted by Gasteiger charge is -2.08. The maximum atomic E-state index is 5.85.